The minimum atomic E-state index is 0.382. The number of methoxy groups -OCH3 is 1. The van der Waals surface area contributed by atoms with E-state index in [9.17, 15) is 0 Å². The van der Waals surface area contributed by atoms with Crippen LogP contribution in [0.3, 0.4) is 0 Å². The first kappa shape index (κ1) is 11.1. The second-order valence-corrected chi connectivity index (χ2v) is 4.83. The summed E-state index contributed by atoms with van der Waals surface area (Å²) in [6, 6.07) is 15.4. The number of ether oxygens (including phenoxy) is 1. The van der Waals surface area contributed by atoms with E-state index in [0.717, 1.165) is 12.2 Å². The van der Waals surface area contributed by atoms with Gasteiger partial charge < -0.3 is 10.1 Å². The summed E-state index contributed by atoms with van der Waals surface area (Å²) in [7, 11) is 1.70. The van der Waals surface area contributed by atoms with Gasteiger partial charge in [-0.05, 0) is 30.5 Å². The Morgan fingerprint density at radius 3 is 2.61 bits per heavy atom. The molecule has 1 N–H and O–H groups in total. The van der Waals surface area contributed by atoms with Crippen molar-refractivity contribution in [2.24, 2.45) is 0 Å². The summed E-state index contributed by atoms with van der Waals surface area (Å²) < 4.78 is 5.26. The number of aryl methyl sites for hydroxylation is 1. The van der Waals surface area contributed by atoms with Gasteiger partial charge in [0.2, 0.25) is 0 Å². The van der Waals surface area contributed by atoms with Crippen LogP contribution in [0.1, 0.15) is 22.7 Å². The fourth-order valence-corrected chi connectivity index (χ4v) is 2.45. The fraction of sp³-hybridized carbons (Fsp3) is 0.250. The standard InChI is InChI=1S/C16H17NO/c1-11-3-5-12(6-4-11)15-9-13-7-8-14(18-2)10-16(13)17-15/h3-8,10,15,17H,9H2,1-2H3. The van der Waals surface area contributed by atoms with Crippen LogP contribution >= 0.6 is 0 Å². The Bertz CT molecular complexity index is 560. The molecule has 0 aromatic heterocycles. The van der Waals surface area contributed by atoms with Gasteiger partial charge in [-0.15, -0.1) is 0 Å². The molecule has 0 bridgehead atoms. The van der Waals surface area contributed by atoms with Crippen LogP contribution < -0.4 is 10.1 Å². The molecule has 2 aromatic carbocycles. The van der Waals surface area contributed by atoms with Crippen molar-refractivity contribution in [3.63, 3.8) is 0 Å². The maximum atomic E-state index is 5.26. The third kappa shape index (κ3) is 1.94. The average molecular weight is 239 g/mol. The van der Waals surface area contributed by atoms with Crippen LogP contribution in [0.2, 0.25) is 0 Å². The topological polar surface area (TPSA) is 21.3 Å². The predicted molar refractivity (Wildman–Crippen MR) is 74.2 cm³/mol. The average Bonchev–Trinajstić information content (AvgIpc) is 2.82. The molecule has 2 heteroatoms. The summed E-state index contributed by atoms with van der Waals surface area (Å²) in [5.41, 5.74) is 5.20. The Labute approximate surface area is 108 Å². The molecule has 18 heavy (non-hydrogen) atoms. The molecule has 0 amide bonds. The monoisotopic (exact) mass is 239 g/mol. The second-order valence-electron chi connectivity index (χ2n) is 4.83. The van der Waals surface area contributed by atoms with Crippen LogP contribution in [0, 0.1) is 6.92 Å². The van der Waals surface area contributed by atoms with Gasteiger partial charge in [-0.25, -0.2) is 0 Å². The van der Waals surface area contributed by atoms with Crippen molar-refractivity contribution in [2.75, 3.05) is 12.4 Å². The summed E-state index contributed by atoms with van der Waals surface area (Å²) in [5, 5.41) is 3.56. The molecule has 0 spiro atoms. The first-order valence-corrected chi connectivity index (χ1v) is 6.26. The van der Waals surface area contributed by atoms with Crippen LogP contribution in [0.25, 0.3) is 0 Å². The zero-order valence-corrected chi connectivity index (χ0v) is 10.7. The third-order valence-corrected chi connectivity index (χ3v) is 3.55. The van der Waals surface area contributed by atoms with Gasteiger partial charge in [-0.1, -0.05) is 35.9 Å². The van der Waals surface area contributed by atoms with Gasteiger partial charge in [-0.3, -0.25) is 0 Å². The van der Waals surface area contributed by atoms with E-state index < -0.39 is 0 Å². The molecular weight excluding hydrogens is 222 g/mol. The highest BCUT2D eigenvalue weighted by atomic mass is 16.5. The van der Waals surface area contributed by atoms with Gasteiger partial charge in [0, 0.05) is 11.8 Å². The van der Waals surface area contributed by atoms with Gasteiger partial charge >= 0.3 is 0 Å². The molecule has 1 aliphatic rings. The Morgan fingerprint density at radius 1 is 1.11 bits per heavy atom. The normalized spacial score (nSPS) is 17.1. The number of nitrogens with one attached hydrogen (secondary N) is 1. The van der Waals surface area contributed by atoms with E-state index >= 15 is 0 Å². The van der Waals surface area contributed by atoms with Crippen LogP contribution in [-0.2, 0) is 6.42 Å². The molecule has 0 aliphatic carbocycles. The van der Waals surface area contributed by atoms with E-state index in [1.54, 1.807) is 7.11 Å². The molecule has 2 nitrogen and oxygen atoms in total. The van der Waals surface area contributed by atoms with Crippen LogP contribution in [0.5, 0.6) is 5.75 Å². The van der Waals surface area contributed by atoms with E-state index in [2.05, 4.69) is 48.6 Å². The zero-order chi connectivity index (χ0) is 12.5. The Hall–Kier alpha value is -1.96. The largest absolute Gasteiger partial charge is 0.497 e. The number of hydrogen-bond donors (Lipinski definition) is 1. The van der Waals surface area contributed by atoms with Gasteiger partial charge in [-0.2, -0.15) is 0 Å². The molecule has 0 fully saturated rings. The van der Waals surface area contributed by atoms with Crippen molar-refractivity contribution in [1.29, 1.82) is 0 Å². The molecule has 0 radical (unpaired) electrons. The van der Waals surface area contributed by atoms with Crippen molar-refractivity contribution in [2.45, 2.75) is 19.4 Å². The van der Waals surface area contributed by atoms with Crippen LogP contribution in [0.4, 0.5) is 5.69 Å². The lowest BCUT2D eigenvalue weighted by Gasteiger charge is -2.11. The van der Waals surface area contributed by atoms with E-state index in [1.165, 1.54) is 22.4 Å². The first-order chi connectivity index (χ1) is 8.76. The number of rotatable bonds is 2. The highest BCUT2D eigenvalue weighted by Gasteiger charge is 2.22. The number of anilines is 1. The quantitative estimate of drug-likeness (QED) is 0.862. The number of hydrogen-bond acceptors (Lipinski definition) is 2. The molecule has 0 saturated carbocycles. The molecule has 1 aliphatic heterocycles. The smallest absolute Gasteiger partial charge is 0.120 e. The maximum absolute atomic E-state index is 5.26. The molecule has 1 unspecified atom stereocenters. The van der Waals surface area contributed by atoms with E-state index in [0.29, 0.717) is 6.04 Å². The summed E-state index contributed by atoms with van der Waals surface area (Å²) in [5.74, 6) is 0.908. The van der Waals surface area contributed by atoms with Gasteiger partial charge in [0.1, 0.15) is 5.75 Å². The van der Waals surface area contributed by atoms with Crippen molar-refractivity contribution in [3.8, 4) is 5.75 Å². The lowest BCUT2D eigenvalue weighted by atomic mass is 10.0. The summed E-state index contributed by atoms with van der Waals surface area (Å²) in [4.78, 5) is 0. The van der Waals surface area contributed by atoms with Gasteiger partial charge in [0.05, 0.1) is 13.2 Å². The summed E-state index contributed by atoms with van der Waals surface area (Å²) >= 11 is 0. The number of fused-ring (bicyclic) bond motifs is 1. The van der Waals surface area contributed by atoms with Crippen LogP contribution in [-0.4, -0.2) is 7.11 Å². The fourth-order valence-electron chi connectivity index (χ4n) is 2.45. The van der Waals surface area contributed by atoms with Crippen molar-refractivity contribution < 1.29 is 4.74 Å². The summed E-state index contributed by atoms with van der Waals surface area (Å²) in [6.07, 6.45) is 1.04. The van der Waals surface area contributed by atoms with E-state index in [1.807, 2.05) is 6.07 Å². The van der Waals surface area contributed by atoms with Gasteiger partial charge in [0.15, 0.2) is 0 Å². The number of benzene rings is 2. The van der Waals surface area contributed by atoms with Crippen molar-refractivity contribution in [1.82, 2.24) is 0 Å². The summed E-state index contributed by atoms with van der Waals surface area (Å²) in [6.45, 7) is 2.12. The third-order valence-electron chi connectivity index (χ3n) is 3.55. The molecule has 3 rings (SSSR count). The molecule has 2 aromatic rings. The van der Waals surface area contributed by atoms with E-state index in [-0.39, 0.29) is 0 Å². The molecule has 0 saturated heterocycles. The molecule has 1 atom stereocenters. The first-order valence-electron chi connectivity index (χ1n) is 6.26. The molecule has 92 valence electrons. The minimum absolute atomic E-state index is 0.382. The van der Waals surface area contributed by atoms with Crippen molar-refractivity contribution in [3.05, 3.63) is 59.2 Å². The van der Waals surface area contributed by atoms with Crippen LogP contribution in [0.15, 0.2) is 42.5 Å². The second kappa shape index (κ2) is 4.37. The molecule has 1 heterocycles. The van der Waals surface area contributed by atoms with Crippen molar-refractivity contribution >= 4 is 5.69 Å². The maximum Gasteiger partial charge on any atom is 0.120 e. The van der Waals surface area contributed by atoms with Gasteiger partial charge in [0.25, 0.3) is 0 Å². The Balaban J connectivity index is 1.86. The Morgan fingerprint density at radius 2 is 1.89 bits per heavy atom. The lowest BCUT2D eigenvalue weighted by Crippen LogP contribution is -2.05. The molecular formula is C16H17NO. The lowest BCUT2D eigenvalue weighted by molar-refractivity contribution is 0.415. The highest BCUT2D eigenvalue weighted by Crippen LogP contribution is 2.36. The Kier molecular flexibility index (Phi) is 2.71. The SMILES string of the molecule is COc1ccc2c(c1)NC(c1ccc(C)cc1)C2. The minimum Gasteiger partial charge on any atom is -0.497 e. The van der Waals surface area contributed by atoms with E-state index in [4.69, 9.17) is 4.74 Å². The predicted octanol–water partition coefficient (Wildman–Crippen LogP) is 3.71. The highest BCUT2D eigenvalue weighted by molar-refractivity contribution is 5.61. The zero-order valence-electron chi connectivity index (χ0n) is 10.7.